The van der Waals surface area contributed by atoms with Crippen molar-refractivity contribution >= 4 is 98.3 Å². The van der Waals surface area contributed by atoms with Gasteiger partial charge in [0.15, 0.2) is 0 Å². The average Bonchev–Trinajstić information content (AvgIpc) is 2.26. The number of hydrogen-bond acceptors (Lipinski definition) is 16. The predicted molar refractivity (Wildman–Crippen MR) is 353 cm³/mol. The molecule has 0 spiro atoms. The van der Waals surface area contributed by atoms with Gasteiger partial charge in [0.1, 0.15) is 68.1 Å². The van der Waals surface area contributed by atoms with Crippen LogP contribution in [0.15, 0.2) is 112 Å². The van der Waals surface area contributed by atoms with E-state index in [-0.39, 0.29) is 7.12 Å². The lowest BCUT2D eigenvalue weighted by Crippen LogP contribution is -2.33. The van der Waals surface area contributed by atoms with Crippen LogP contribution in [-0.4, -0.2) is 153 Å². The van der Waals surface area contributed by atoms with Gasteiger partial charge in [-0.2, -0.15) is 15.3 Å². The summed E-state index contributed by atoms with van der Waals surface area (Å²) in [6.45, 7) is 29.2. The molecule has 0 aliphatic rings. The normalized spacial score (nSPS) is 11.8. The molecular formula is C56H83BN18O5P2Si3. The molecule has 0 saturated heterocycles. The fraction of sp³-hybridized carbons (Fsp3) is 0.411. The number of aromatic amines is 2. The second-order valence-electron chi connectivity index (χ2n) is 23.8. The number of rotatable bonds is 21. The van der Waals surface area contributed by atoms with Crippen molar-refractivity contribution in [3.05, 3.63) is 123 Å². The molecule has 11 rings (SSSR count). The van der Waals surface area contributed by atoms with Gasteiger partial charge in [-0.3, -0.25) is 14.2 Å². The molecule has 2 unspecified atom stereocenters. The van der Waals surface area contributed by atoms with Gasteiger partial charge in [-0.15, -0.1) is 0 Å². The molecule has 11 aromatic rings. The minimum Gasteiger partial charge on any atom is -0.410 e. The third-order valence-electron chi connectivity index (χ3n) is 13.3. The van der Waals surface area contributed by atoms with Crippen LogP contribution in [0.2, 0.25) is 77.1 Å². The first-order valence-electron chi connectivity index (χ1n) is 28.0. The van der Waals surface area contributed by atoms with Crippen LogP contribution in [0.1, 0.15) is 11.4 Å². The summed E-state index contributed by atoms with van der Waals surface area (Å²) < 4.78 is 37.1. The molecule has 0 aliphatic heterocycles. The number of nitrogens with zero attached hydrogens (tertiary/aromatic N) is 16. The zero-order valence-electron chi connectivity index (χ0n) is 51.6. The van der Waals surface area contributed by atoms with E-state index in [0.717, 1.165) is 103 Å². The van der Waals surface area contributed by atoms with Crippen LogP contribution in [-0.2, 0) is 50.8 Å². The molecule has 29 heteroatoms. The molecule has 11 aromatic heterocycles. The van der Waals surface area contributed by atoms with E-state index >= 15 is 0 Å². The highest BCUT2D eigenvalue weighted by Crippen LogP contribution is 2.30. The second kappa shape index (κ2) is 31.2. The lowest BCUT2D eigenvalue weighted by Gasteiger charge is -2.15. The molecular weight excluding hydrogens is 1160 g/mol. The Morgan fingerprint density at radius 3 is 1.48 bits per heavy atom. The van der Waals surface area contributed by atoms with Gasteiger partial charge >= 0.3 is 7.12 Å². The Hall–Kier alpha value is -6.51. The summed E-state index contributed by atoms with van der Waals surface area (Å²) in [5.74, 6) is 0. The zero-order valence-corrected chi connectivity index (χ0v) is 56.8. The summed E-state index contributed by atoms with van der Waals surface area (Å²) in [6.07, 6.45) is 25.3. The maximum atomic E-state index is 5.85. The van der Waals surface area contributed by atoms with Gasteiger partial charge in [-0.25, -0.2) is 39.9 Å². The number of nitrogens with one attached hydrogen (secondary N) is 2. The lowest BCUT2D eigenvalue weighted by molar-refractivity contribution is 0.0898. The summed E-state index contributed by atoms with van der Waals surface area (Å²) in [5, 5.41) is 19.4. The quantitative estimate of drug-likeness (QED) is 0.0386. The van der Waals surface area contributed by atoms with Crippen LogP contribution in [0, 0.1) is 13.8 Å². The van der Waals surface area contributed by atoms with Crippen molar-refractivity contribution < 1.29 is 23.5 Å². The van der Waals surface area contributed by atoms with E-state index in [1.165, 1.54) is 18.1 Å². The summed E-state index contributed by atoms with van der Waals surface area (Å²) in [7, 11) is 4.86. The Balaban J connectivity index is 0.000000158. The van der Waals surface area contributed by atoms with Gasteiger partial charge in [0.2, 0.25) is 0 Å². The largest absolute Gasteiger partial charge is 0.496 e. The first-order valence-corrected chi connectivity index (χ1v) is 41.9. The molecule has 452 valence electrons. The minimum absolute atomic E-state index is 0.302. The van der Waals surface area contributed by atoms with E-state index in [1.807, 2.05) is 113 Å². The van der Waals surface area contributed by atoms with Crippen LogP contribution in [0.5, 0.6) is 0 Å². The number of aryl methyl sites for hydroxylation is 3. The number of fused-ring (bicyclic) bond motifs is 4. The number of hydrogen-bond donors (Lipinski definition) is 2. The Kier molecular flexibility index (Phi) is 24.3. The van der Waals surface area contributed by atoms with Gasteiger partial charge in [-0.1, -0.05) is 67.9 Å². The molecule has 23 nitrogen and oxygen atoms in total. The highest BCUT2D eigenvalue weighted by atomic mass is 32.0. The maximum Gasteiger partial charge on any atom is 0.496 e. The number of ether oxygens (including phenoxy) is 3. The first-order chi connectivity index (χ1) is 40.6. The van der Waals surface area contributed by atoms with E-state index in [4.69, 9.17) is 23.5 Å². The van der Waals surface area contributed by atoms with Crippen molar-refractivity contribution in [2.45, 2.75) is 111 Å². The van der Waals surface area contributed by atoms with Gasteiger partial charge in [-0.05, 0) is 56.2 Å². The second-order valence-corrected chi connectivity index (χ2v) is 42.1. The Bertz CT molecular complexity index is 3770. The summed E-state index contributed by atoms with van der Waals surface area (Å²) in [4.78, 5) is 37.2. The monoisotopic (exact) mass is 1240 g/mol. The molecule has 0 bridgehead atoms. The molecule has 0 radical (unpaired) electrons. The number of aromatic nitrogens is 18. The molecule has 0 aliphatic carbocycles. The Labute approximate surface area is 505 Å². The molecule has 11 heterocycles. The first kappa shape index (κ1) is 66.0. The predicted octanol–water partition coefficient (Wildman–Crippen LogP) is 10.7. The van der Waals surface area contributed by atoms with Gasteiger partial charge in [0.05, 0.1) is 35.2 Å². The van der Waals surface area contributed by atoms with Crippen molar-refractivity contribution in [1.82, 2.24) is 88.1 Å². The standard InChI is InChI=1S/C15H23N5OP2Si.C15H21N5OSi.C13H21N3OSi.C7H7N3.C6H11BN2O2/c1-24(2,3)7-6-21-11-19-5-4-13-14(16-10-17-15(13)19)12-8-18-20(9-12)23-22;1-22(2,3)7-6-21-11-20-5-4-13-14(12-8-18-19-9-12)16-10-17-15(13)20;1-11-12-5-6-16(13(12)15-9-14-11)10-17-7-8-18(2,3)4;1-5-6-2-3-8-7(6)10-4-9-5;1-9-5-6(4-8-9)7(10-2)11-3/h4-5,8-10,23H,6-7,11,22H2,1-3H3;4-5,8-10H,6-7,11H2,1-3H3,(H,18,19);5-6,9H,7-8,10H2,1-4H3;2-4H,1H3,(H,8,9,10);4-5H,1-3H3. The highest BCUT2D eigenvalue weighted by Gasteiger charge is 2.20. The van der Waals surface area contributed by atoms with Crippen LogP contribution in [0.3, 0.4) is 0 Å². The smallest absolute Gasteiger partial charge is 0.410 e. The van der Waals surface area contributed by atoms with E-state index in [1.54, 1.807) is 56.6 Å². The van der Waals surface area contributed by atoms with Crippen LogP contribution in [0.4, 0.5) is 0 Å². The van der Waals surface area contributed by atoms with E-state index in [9.17, 15) is 0 Å². The maximum absolute atomic E-state index is 5.85. The molecule has 2 atom stereocenters. The summed E-state index contributed by atoms with van der Waals surface area (Å²) in [5.41, 5.74) is 10.4. The molecule has 85 heavy (non-hydrogen) atoms. The lowest BCUT2D eigenvalue weighted by atomic mass is 9.82. The molecule has 0 fully saturated rings. The third-order valence-corrected chi connectivity index (χ3v) is 19.7. The van der Waals surface area contributed by atoms with E-state index in [0.29, 0.717) is 28.6 Å². The van der Waals surface area contributed by atoms with Gasteiger partial charge in [0.25, 0.3) is 0 Å². The Morgan fingerprint density at radius 1 is 0.553 bits per heavy atom. The van der Waals surface area contributed by atoms with Gasteiger partial charge in [0, 0.05) is 161 Å². The molecule has 2 N–H and O–H groups in total. The van der Waals surface area contributed by atoms with Crippen LogP contribution < -0.4 is 5.46 Å². The van der Waals surface area contributed by atoms with Gasteiger partial charge < -0.3 is 42.2 Å². The van der Waals surface area contributed by atoms with Crippen molar-refractivity contribution in [2.24, 2.45) is 7.05 Å². The molecule has 0 aromatic carbocycles. The topological polar surface area (TPSA) is 244 Å². The summed E-state index contributed by atoms with van der Waals surface area (Å²) in [6, 6.07) is 11.6. The SMILES string of the molecule is COB(OC)c1cnn(C)c1.C[Si](C)(C)CCOCn1ccc2c(-c3cn[nH]c3)ncnc21.C[Si](C)(C)CCOCn1ccc2c(-c3cnn(PP)c3)ncnc21.Cc1ncnc2[nH]ccc12.Cc1ncnc2c1ccn2COCC[Si](C)(C)C. The highest BCUT2D eigenvalue weighted by molar-refractivity contribution is 8.01. The molecule has 0 amide bonds. The summed E-state index contributed by atoms with van der Waals surface area (Å²) >= 11 is 0. The number of H-pyrrole nitrogens is 2. The van der Waals surface area contributed by atoms with E-state index in [2.05, 4.69) is 133 Å². The fourth-order valence-corrected chi connectivity index (χ4v) is 11.4. The van der Waals surface area contributed by atoms with Crippen molar-refractivity contribution in [3.63, 3.8) is 0 Å². The van der Waals surface area contributed by atoms with Crippen LogP contribution in [0.25, 0.3) is 66.6 Å². The van der Waals surface area contributed by atoms with Crippen molar-refractivity contribution in [3.8, 4) is 22.5 Å². The minimum atomic E-state index is -1.06. The Morgan fingerprint density at radius 2 is 1.04 bits per heavy atom. The van der Waals surface area contributed by atoms with Crippen molar-refractivity contribution in [1.29, 1.82) is 0 Å². The fourth-order valence-electron chi connectivity index (χ4n) is 8.36. The van der Waals surface area contributed by atoms with Crippen LogP contribution >= 0.6 is 17.3 Å². The third kappa shape index (κ3) is 19.8. The van der Waals surface area contributed by atoms with E-state index < -0.39 is 24.2 Å². The van der Waals surface area contributed by atoms with Crippen molar-refractivity contribution in [2.75, 3.05) is 34.0 Å². The average molecular weight is 1250 g/mol. The zero-order chi connectivity index (χ0) is 61.2. The molecule has 0 saturated carbocycles.